The van der Waals surface area contributed by atoms with Crippen LogP contribution in [0.4, 0.5) is 4.79 Å². The highest BCUT2D eigenvalue weighted by Gasteiger charge is 2.41. The van der Waals surface area contributed by atoms with Crippen molar-refractivity contribution in [1.82, 2.24) is 10.2 Å². The van der Waals surface area contributed by atoms with E-state index in [1.165, 1.54) is 6.08 Å². The van der Waals surface area contributed by atoms with Crippen molar-refractivity contribution >= 4 is 12.0 Å². The van der Waals surface area contributed by atoms with Gasteiger partial charge in [-0.15, -0.1) is 0 Å². The average Bonchev–Trinajstić information content (AvgIpc) is 3.14. The molecule has 0 radical (unpaired) electrons. The Kier molecular flexibility index (Phi) is 9.78. The molecule has 170 valence electrons. The van der Waals surface area contributed by atoms with E-state index in [1.54, 1.807) is 38.0 Å². The molecule has 1 fully saturated rings. The van der Waals surface area contributed by atoms with Crippen molar-refractivity contribution in [2.45, 2.75) is 77.4 Å². The number of hydrogen-bond acceptors (Lipinski definition) is 5. The average molecular weight is 423 g/mol. The maximum atomic E-state index is 12.9. The van der Waals surface area contributed by atoms with E-state index in [0.29, 0.717) is 12.1 Å². The molecule has 0 bridgehead atoms. The quantitative estimate of drug-likeness (QED) is 0.557. The lowest BCUT2D eigenvalue weighted by Gasteiger charge is -2.35. The molecule has 7 heteroatoms. The van der Waals surface area contributed by atoms with Crippen molar-refractivity contribution in [3.8, 4) is 0 Å². The second kappa shape index (κ2) is 11.3. The van der Waals surface area contributed by atoms with Gasteiger partial charge in [-0.3, -0.25) is 4.79 Å². The summed E-state index contributed by atoms with van der Waals surface area (Å²) in [6, 6.07) is -0.789. The third-order valence-corrected chi connectivity index (χ3v) is 5.22. The van der Waals surface area contributed by atoms with Gasteiger partial charge in [0, 0.05) is 13.7 Å². The summed E-state index contributed by atoms with van der Waals surface area (Å²) in [6.45, 7) is 16.8. The molecule has 0 aromatic carbocycles. The number of carbonyl (C=O) groups is 2. The number of nitrogens with one attached hydrogen (secondary N) is 1. The van der Waals surface area contributed by atoms with Gasteiger partial charge in [0.1, 0.15) is 5.60 Å². The van der Waals surface area contributed by atoms with Crippen LogP contribution in [-0.2, 0) is 14.3 Å². The summed E-state index contributed by atoms with van der Waals surface area (Å²) in [5, 5.41) is 13.3. The molecule has 0 saturated carbocycles. The number of allylic oxidation sites excluding steroid dienone is 2. The molecule has 30 heavy (non-hydrogen) atoms. The first-order valence-corrected chi connectivity index (χ1v) is 10.4. The summed E-state index contributed by atoms with van der Waals surface area (Å²) in [6.07, 6.45) is 4.50. The molecule has 2 N–H and O–H groups in total. The van der Waals surface area contributed by atoms with Gasteiger partial charge < -0.3 is 24.8 Å². The first-order valence-electron chi connectivity index (χ1n) is 10.4. The minimum Gasteiger partial charge on any atom is -0.444 e. The molecule has 0 aromatic heterocycles. The Morgan fingerprint density at radius 3 is 2.40 bits per heavy atom. The molecule has 7 nitrogen and oxygen atoms in total. The van der Waals surface area contributed by atoms with Crippen molar-refractivity contribution in [1.29, 1.82) is 0 Å². The first kappa shape index (κ1) is 25.9. The van der Waals surface area contributed by atoms with Crippen LogP contribution in [0.2, 0.25) is 0 Å². The molecule has 1 heterocycles. The number of carbonyl (C=O) groups excluding carboxylic acids is 2. The summed E-state index contributed by atoms with van der Waals surface area (Å²) in [7, 11) is 1.54. The molecular formula is C23H38N2O5. The summed E-state index contributed by atoms with van der Waals surface area (Å²) in [5.41, 5.74) is -0.0240. The van der Waals surface area contributed by atoms with Gasteiger partial charge in [-0.05, 0) is 46.1 Å². The number of likely N-dealkylation sites (tertiary alicyclic amines) is 1. The minimum atomic E-state index is -0.914. The van der Waals surface area contributed by atoms with Crippen molar-refractivity contribution in [2.24, 2.45) is 5.92 Å². The van der Waals surface area contributed by atoms with Gasteiger partial charge in [0.05, 0.1) is 30.2 Å². The van der Waals surface area contributed by atoms with Crippen LogP contribution in [-0.4, -0.2) is 65.6 Å². The zero-order valence-electron chi connectivity index (χ0n) is 19.2. The first-order chi connectivity index (χ1) is 14.0. The number of ether oxygens (including phenoxy) is 2. The van der Waals surface area contributed by atoms with Crippen molar-refractivity contribution < 1.29 is 24.2 Å². The molecular weight excluding hydrogens is 384 g/mol. The second-order valence-corrected chi connectivity index (χ2v) is 8.72. The summed E-state index contributed by atoms with van der Waals surface area (Å²) < 4.78 is 11.2. The fourth-order valence-corrected chi connectivity index (χ4v) is 3.67. The van der Waals surface area contributed by atoms with Gasteiger partial charge in [-0.25, -0.2) is 4.79 Å². The Labute approximate surface area is 180 Å². The smallest absolute Gasteiger partial charge is 0.410 e. The molecule has 0 aliphatic carbocycles. The Morgan fingerprint density at radius 2 is 1.90 bits per heavy atom. The molecule has 0 aromatic rings. The van der Waals surface area contributed by atoms with E-state index in [-0.39, 0.29) is 11.9 Å². The standard InChI is InChI=1S/C23H38N2O5/c1-9-12-17(10-2)19(26)16(4)24-21(27)15(3)20(29-8)18-13-11-14-25(18)22(28)30-23(5,6)7/h9-10,12,15-16,18-20,26H,1-2,11,13-14H2,3-8H3,(H,24,27)/b17-12+. The normalized spacial score (nSPS) is 21.4. The maximum absolute atomic E-state index is 12.9. The van der Waals surface area contributed by atoms with Crippen molar-refractivity contribution in [3.63, 3.8) is 0 Å². The largest absolute Gasteiger partial charge is 0.444 e. The van der Waals surface area contributed by atoms with Crippen LogP contribution in [0.3, 0.4) is 0 Å². The number of aliphatic hydroxyl groups is 1. The molecule has 1 aliphatic heterocycles. The zero-order chi connectivity index (χ0) is 23.1. The maximum Gasteiger partial charge on any atom is 0.410 e. The summed E-state index contributed by atoms with van der Waals surface area (Å²) in [4.78, 5) is 27.2. The van der Waals surface area contributed by atoms with Gasteiger partial charge in [0.2, 0.25) is 5.91 Å². The molecule has 0 spiro atoms. The van der Waals surface area contributed by atoms with Crippen LogP contribution in [0.15, 0.2) is 37.0 Å². The molecule has 5 unspecified atom stereocenters. The molecule has 2 amide bonds. The molecule has 5 atom stereocenters. The zero-order valence-corrected chi connectivity index (χ0v) is 19.2. The van der Waals surface area contributed by atoms with Gasteiger partial charge in [-0.1, -0.05) is 38.3 Å². The lowest BCUT2D eigenvalue weighted by molar-refractivity contribution is -0.132. The summed E-state index contributed by atoms with van der Waals surface area (Å²) in [5.74, 6) is -0.792. The van der Waals surface area contributed by atoms with Crippen LogP contribution in [0.1, 0.15) is 47.5 Å². The van der Waals surface area contributed by atoms with Crippen LogP contribution in [0.25, 0.3) is 0 Å². The highest BCUT2D eigenvalue weighted by molar-refractivity contribution is 5.79. The van der Waals surface area contributed by atoms with E-state index < -0.39 is 35.9 Å². The third kappa shape index (κ3) is 6.99. The topological polar surface area (TPSA) is 88.1 Å². The molecule has 1 saturated heterocycles. The third-order valence-electron chi connectivity index (χ3n) is 5.22. The molecule has 1 rings (SSSR count). The Morgan fingerprint density at radius 1 is 1.27 bits per heavy atom. The van der Waals surface area contributed by atoms with E-state index in [2.05, 4.69) is 18.5 Å². The van der Waals surface area contributed by atoms with Crippen LogP contribution in [0.5, 0.6) is 0 Å². The second-order valence-electron chi connectivity index (χ2n) is 8.72. The number of methoxy groups -OCH3 is 1. The van der Waals surface area contributed by atoms with E-state index in [4.69, 9.17) is 9.47 Å². The highest BCUT2D eigenvalue weighted by Crippen LogP contribution is 2.28. The Balaban J connectivity index is 2.87. The number of aliphatic hydroxyl groups excluding tert-OH is 1. The van der Waals surface area contributed by atoms with Crippen molar-refractivity contribution in [3.05, 3.63) is 37.0 Å². The lowest BCUT2D eigenvalue weighted by Crippen LogP contribution is -2.52. The van der Waals surface area contributed by atoms with E-state index in [9.17, 15) is 14.7 Å². The van der Waals surface area contributed by atoms with E-state index in [0.717, 1.165) is 12.8 Å². The van der Waals surface area contributed by atoms with Gasteiger partial charge in [-0.2, -0.15) is 0 Å². The fourth-order valence-electron chi connectivity index (χ4n) is 3.67. The van der Waals surface area contributed by atoms with Crippen LogP contribution in [0, 0.1) is 5.92 Å². The highest BCUT2D eigenvalue weighted by atomic mass is 16.6. The fraction of sp³-hybridized carbons (Fsp3) is 0.652. The number of hydrogen-bond donors (Lipinski definition) is 2. The van der Waals surface area contributed by atoms with Crippen LogP contribution < -0.4 is 5.32 Å². The van der Waals surface area contributed by atoms with Gasteiger partial charge >= 0.3 is 6.09 Å². The van der Waals surface area contributed by atoms with Gasteiger partial charge in [0.25, 0.3) is 0 Å². The van der Waals surface area contributed by atoms with Crippen LogP contribution >= 0.6 is 0 Å². The predicted octanol–water partition coefficient (Wildman–Crippen LogP) is 3.20. The lowest BCUT2D eigenvalue weighted by atomic mass is 9.94. The predicted molar refractivity (Wildman–Crippen MR) is 118 cm³/mol. The Hall–Kier alpha value is -2.12. The monoisotopic (exact) mass is 422 g/mol. The van der Waals surface area contributed by atoms with E-state index >= 15 is 0 Å². The molecule has 1 aliphatic rings. The number of amides is 2. The number of nitrogens with zero attached hydrogens (tertiary/aromatic N) is 1. The van der Waals surface area contributed by atoms with Crippen molar-refractivity contribution in [2.75, 3.05) is 13.7 Å². The minimum absolute atomic E-state index is 0.254. The Bertz CT molecular complexity index is 652. The number of rotatable bonds is 9. The van der Waals surface area contributed by atoms with E-state index in [1.807, 2.05) is 20.8 Å². The van der Waals surface area contributed by atoms with Gasteiger partial charge in [0.15, 0.2) is 0 Å². The SMILES string of the molecule is C=C/C=C(\C=C)C(O)C(C)NC(=O)C(C)C(OC)C1CCCN1C(=O)OC(C)(C)C. The summed E-state index contributed by atoms with van der Waals surface area (Å²) >= 11 is 0.